The Morgan fingerprint density at radius 2 is 1.33 bits per heavy atom. The Labute approximate surface area is 311 Å². The smallest absolute Gasteiger partial charge is 0.330 e. The zero-order valence-electron chi connectivity index (χ0n) is 30.2. The molecule has 7 rings (SSSR count). The number of methoxy groups -OCH3 is 2. The van der Waals surface area contributed by atoms with Crippen molar-refractivity contribution in [3.8, 4) is 11.5 Å². The lowest BCUT2D eigenvalue weighted by molar-refractivity contribution is -0.123. The number of H-pyrrole nitrogens is 1. The van der Waals surface area contributed by atoms with E-state index in [9.17, 15) is 24.3 Å². The monoisotopic (exact) mass is 731 g/mol. The molecule has 4 aromatic carbocycles. The number of hydrogen-bond acceptors (Lipinski definition) is 9. The number of benzene rings is 4. The van der Waals surface area contributed by atoms with Crippen molar-refractivity contribution in [1.29, 1.82) is 0 Å². The molecule has 1 saturated heterocycles. The molecule has 0 aliphatic carbocycles. The maximum absolute atomic E-state index is 13.1. The van der Waals surface area contributed by atoms with Gasteiger partial charge in [0.25, 0.3) is 17.4 Å². The molecule has 278 valence electrons. The molecule has 0 unspecified atom stereocenters. The van der Waals surface area contributed by atoms with Gasteiger partial charge in [0, 0.05) is 24.7 Å². The fourth-order valence-corrected chi connectivity index (χ4v) is 7.48. The van der Waals surface area contributed by atoms with E-state index in [0.717, 1.165) is 16.7 Å². The standard InChI is InChI=1S/C42H41N3O9/c1-27-25-45(40(49)43-37(27)46)36-24-41(50,22-9-23-44-38(47)33-12-7-8-13-34(33)39(44)48)35(54-36)26-53-42(28-10-5-4-6-11-28,29-14-18-31(51-2)19-15-29)30-16-20-32(52-3)21-17-30/h4-8,10-21,25,35-36,50H,9,22-24,26H2,1-3H3,(H,43,46,49)/t35-,36+,41+/m1/s1. The summed E-state index contributed by atoms with van der Waals surface area (Å²) >= 11 is 0. The molecule has 2 N–H and O–H groups in total. The number of nitrogens with zero attached hydrogens (tertiary/aromatic N) is 2. The second kappa shape index (κ2) is 14.9. The SMILES string of the molecule is COc1ccc(C(OC[C@H]2O[C@H](n3cc(C)c(=O)[nH]c3=O)C[C@@]2(O)CCCN2C(=O)c3ccccc3C2=O)(c2ccccc2)c2ccc(OC)cc2)cc1. The summed E-state index contributed by atoms with van der Waals surface area (Å²) in [4.78, 5) is 55.1. The first-order chi connectivity index (χ1) is 26.1. The lowest BCUT2D eigenvalue weighted by Crippen LogP contribution is -2.45. The average molecular weight is 732 g/mol. The van der Waals surface area contributed by atoms with Gasteiger partial charge in [0.15, 0.2) is 0 Å². The molecule has 2 aliphatic heterocycles. The summed E-state index contributed by atoms with van der Waals surface area (Å²) in [6.45, 7) is 1.50. The Bertz CT molecular complexity index is 2190. The van der Waals surface area contributed by atoms with Crippen molar-refractivity contribution >= 4 is 11.8 Å². The molecule has 54 heavy (non-hydrogen) atoms. The first kappa shape index (κ1) is 36.5. The molecule has 12 heteroatoms. The van der Waals surface area contributed by atoms with E-state index in [4.69, 9.17) is 18.9 Å². The number of nitrogens with one attached hydrogen (secondary N) is 1. The molecular weight excluding hydrogens is 690 g/mol. The molecule has 12 nitrogen and oxygen atoms in total. The van der Waals surface area contributed by atoms with Gasteiger partial charge in [0.05, 0.1) is 37.6 Å². The summed E-state index contributed by atoms with van der Waals surface area (Å²) < 4.78 is 25.8. The molecule has 3 heterocycles. The molecule has 1 aromatic heterocycles. The van der Waals surface area contributed by atoms with Gasteiger partial charge in [0.1, 0.15) is 29.4 Å². The molecular formula is C42H41N3O9. The maximum atomic E-state index is 13.1. The first-order valence-corrected chi connectivity index (χ1v) is 17.7. The van der Waals surface area contributed by atoms with Crippen LogP contribution in [0.2, 0.25) is 0 Å². The molecule has 2 amide bonds. The van der Waals surface area contributed by atoms with Gasteiger partial charge in [-0.15, -0.1) is 0 Å². The van der Waals surface area contributed by atoms with Gasteiger partial charge < -0.3 is 24.1 Å². The van der Waals surface area contributed by atoms with Crippen LogP contribution in [0.1, 0.15) is 68.5 Å². The second-order valence-electron chi connectivity index (χ2n) is 13.6. The molecule has 0 saturated carbocycles. The van der Waals surface area contributed by atoms with Gasteiger partial charge in [0.2, 0.25) is 0 Å². The Morgan fingerprint density at radius 1 is 0.796 bits per heavy atom. The largest absolute Gasteiger partial charge is 0.497 e. The van der Waals surface area contributed by atoms with Crippen LogP contribution in [0, 0.1) is 6.92 Å². The highest BCUT2D eigenvalue weighted by molar-refractivity contribution is 6.21. The number of imide groups is 1. The summed E-state index contributed by atoms with van der Waals surface area (Å²) in [6, 6.07) is 31.4. The second-order valence-corrected chi connectivity index (χ2v) is 13.6. The van der Waals surface area contributed by atoms with Crippen LogP contribution in [-0.4, -0.2) is 70.4 Å². The number of amides is 2. The number of rotatable bonds is 13. The van der Waals surface area contributed by atoms with Gasteiger partial charge in [-0.1, -0.05) is 66.7 Å². The summed E-state index contributed by atoms with van der Waals surface area (Å²) in [5, 5.41) is 12.5. The van der Waals surface area contributed by atoms with Gasteiger partial charge in [-0.25, -0.2) is 4.79 Å². The third-order valence-corrected chi connectivity index (χ3v) is 10.4. The number of aromatic amines is 1. The van der Waals surface area contributed by atoms with E-state index in [1.807, 2.05) is 78.9 Å². The van der Waals surface area contributed by atoms with Crippen LogP contribution in [0.4, 0.5) is 0 Å². The van der Waals surface area contributed by atoms with E-state index >= 15 is 0 Å². The number of carbonyl (C=O) groups is 2. The zero-order chi connectivity index (χ0) is 38.0. The predicted octanol–water partition coefficient (Wildman–Crippen LogP) is 4.97. The number of carbonyl (C=O) groups excluding carboxylic acids is 2. The average Bonchev–Trinajstić information content (AvgIpc) is 3.65. The van der Waals surface area contributed by atoms with Crippen molar-refractivity contribution in [2.24, 2.45) is 0 Å². The van der Waals surface area contributed by atoms with Crippen molar-refractivity contribution in [3.05, 3.63) is 164 Å². The van der Waals surface area contributed by atoms with Crippen LogP contribution < -0.4 is 20.7 Å². The third-order valence-electron chi connectivity index (χ3n) is 10.4. The number of aliphatic hydroxyl groups is 1. The summed E-state index contributed by atoms with van der Waals surface area (Å²) in [7, 11) is 3.19. The van der Waals surface area contributed by atoms with Crippen LogP contribution in [0.3, 0.4) is 0 Å². The van der Waals surface area contributed by atoms with Crippen molar-refractivity contribution in [1.82, 2.24) is 14.5 Å². The maximum Gasteiger partial charge on any atom is 0.330 e. The van der Waals surface area contributed by atoms with E-state index < -0.39 is 34.8 Å². The van der Waals surface area contributed by atoms with Crippen molar-refractivity contribution in [2.45, 2.75) is 49.7 Å². The molecule has 3 atom stereocenters. The van der Waals surface area contributed by atoms with Crippen molar-refractivity contribution in [3.63, 3.8) is 0 Å². The minimum absolute atomic E-state index is 0.0298. The van der Waals surface area contributed by atoms with E-state index in [2.05, 4.69) is 4.98 Å². The van der Waals surface area contributed by atoms with Crippen LogP contribution in [0.5, 0.6) is 11.5 Å². The van der Waals surface area contributed by atoms with E-state index in [1.165, 1.54) is 15.7 Å². The van der Waals surface area contributed by atoms with Crippen LogP contribution in [0.15, 0.2) is 119 Å². The topological polar surface area (TPSA) is 149 Å². The summed E-state index contributed by atoms with van der Waals surface area (Å²) in [6.07, 6.45) is -0.224. The van der Waals surface area contributed by atoms with Crippen LogP contribution in [0.25, 0.3) is 0 Å². The minimum Gasteiger partial charge on any atom is -0.497 e. The van der Waals surface area contributed by atoms with E-state index in [1.54, 1.807) is 45.4 Å². The Morgan fingerprint density at radius 3 is 1.89 bits per heavy atom. The van der Waals surface area contributed by atoms with Crippen molar-refractivity contribution in [2.75, 3.05) is 27.4 Å². The molecule has 2 aliphatic rings. The quantitative estimate of drug-likeness (QED) is 0.127. The van der Waals surface area contributed by atoms with E-state index in [0.29, 0.717) is 28.2 Å². The fourth-order valence-electron chi connectivity index (χ4n) is 7.48. The van der Waals surface area contributed by atoms with E-state index in [-0.39, 0.29) is 44.2 Å². The number of aryl methyl sites for hydroxylation is 1. The van der Waals surface area contributed by atoms with Crippen LogP contribution >= 0.6 is 0 Å². The van der Waals surface area contributed by atoms with Gasteiger partial charge in [-0.3, -0.25) is 28.8 Å². The Balaban J connectivity index is 1.25. The highest BCUT2D eigenvalue weighted by Crippen LogP contribution is 2.45. The Hall–Kier alpha value is -5.82. The zero-order valence-corrected chi connectivity index (χ0v) is 30.2. The van der Waals surface area contributed by atoms with Crippen LogP contribution in [-0.2, 0) is 15.1 Å². The lowest BCUT2D eigenvalue weighted by atomic mass is 9.79. The Kier molecular flexibility index (Phi) is 10.1. The normalized spacial score (nSPS) is 19.6. The molecule has 0 spiro atoms. The number of fused-ring (bicyclic) bond motifs is 1. The lowest BCUT2D eigenvalue weighted by Gasteiger charge is -2.38. The predicted molar refractivity (Wildman–Crippen MR) is 199 cm³/mol. The fraction of sp³-hybridized carbons (Fsp3) is 0.286. The van der Waals surface area contributed by atoms with Crippen molar-refractivity contribution < 1.29 is 33.6 Å². The van der Waals surface area contributed by atoms with Gasteiger partial charge in [-0.2, -0.15) is 0 Å². The first-order valence-electron chi connectivity index (χ1n) is 17.7. The highest BCUT2D eigenvalue weighted by Gasteiger charge is 2.50. The van der Waals surface area contributed by atoms with Gasteiger partial charge in [-0.05, 0) is 72.9 Å². The molecule has 0 bridgehead atoms. The molecule has 0 radical (unpaired) electrons. The molecule has 1 fully saturated rings. The third kappa shape index (κ3) is 6.64. The summed E-state index contributed by atoms with van der Waals surface area (Å²) in [5.41, 5.74) is -0.671. The minimum atomic E-state index is -1.59. The summed E-state index contributed by atoms with van der Waals surface area (Å²) in [5.74, 6) is 0.549. The number of ether oxygens (including phenoxy) is 4. The highest BCUT2D eigenvalue weighted by atomic mass is 16.6. The van der Waals surface area contributed by atoms with Gasteiger partial charge >= 0.3 is 5.69 Å². The number of hydrogen-bond donors (Lipinski definition) is 2. The number of aromatic nitrogens is 2. The molecule has 5 aromatic rings.